The number of nitrogens with two attached hydrogens (primary N) is 1. The molecule has 0 aromatic carbocycles. The predicted molar refractivity (Wildman–Crippen MR) is 59.8 cm³/mol. The Morgan fingerprint density at radius 1 is 1.50 bits per heavy atom. The fraction of sp³-hybridized carbons (Fsp3) is 0.455. The van der Waals surface area contributed by atoms with Crippen LogP contribution >= 0.6 is 0 Å². The first-order chi connectivity index (χ1) is 7.70. The van der Waals surface area contributed by atoms with E-state index in [1.807, 2.05) is 18.4 Å². The zero-order chi connectivity index (χ0) is 11.5. The summed E-state index contributed by atoms with van der Waals surface area (Å²) in [5.74, 6) is 1.59. The average Bonchev–Trinajstić information content (AvgIpc) is 2.87. The second-order valence-corrected chi connectivity index (χ2v) is 3.81. The number of hydrogen-bond acceptors (Lipinski definition) is 4. The lowest BCUT2D eigenvalue weighted by molar-refractivity contribution is 0.441. The number of oxazole rings is 1. The standard InChI is InChI=1S/C11H16N4O/c1-3-9-4-14-11(16-9)6-15-7-13-5-10(15)8(2)12/h4-5,7-8H,3,6,12H2,1-2H3/t8-/m0/s1. The molecule has 0 saturated carbocycles. The van der Waals surface area contributed by atoms with Crippen molar-refractivity contribution in [3.63, 3.8) is 0 Å². The molecule has 0 radical (unpaired) electrons. The van der Waals surface area contributed by atoms with Crippen molar-refractivity contribution in [2.24, 2.45) is 5.73 Å². The summed E-state index contributed by atoms with van der Waals surface area (Å²) in [6.07, 6.45) is 6.14. The van der Waals surface area contributed by atoms with Gasteiger partial charge < -0.3 is 14.7 Å². The van der Waals surface area contributed by atoms with Crippen LogP contribution in [-0.2, 0) is 13.0 Å². The van der Waals surface area contributed by atoms with Crippen molar-refractivity contribution >= 4 is 0 Å². The third-order valence-corrected chi connectivity index (χ3v) is 2.47. The van der Waals surface area contributed by atoms with Gasteiger partial charge in [-0.05, 0) is 6.92 Å². The number of aromatic nitrogens is 3. The molecule has 0 bridgehead atoms. The molecule has 2 rings (SSSR count). The number of imidazole rings is 1. The molecule has 0 spiro atoms. The van der Waals surface area contributed by atoms with Crippen molar-refractivity contribution < 1.29 is 4.42 Å². The largest absolute Gasteiger partial charge is 0.444 e. The highest BCUT2D eigenvalue weighted by Crippen LogP contribution is 2.12. The van der Waals surface area contributed by atoms with E-state index >= 15 is 0 Å². The Balaban J connectivity index is 2.17. The minimum atomic E-state index is -0.0388. The Morgan fingerprint density at radius 2 is 2.31 bits per heavy atom. The Bertz CT molecular complexity index is 458. The van der Waals surface area contributed by atoms with Crippen LogP contribution in [0.3, 0.4) is 0 Å². The topological polar surface area (TPSA) is 69.9 Å². The maximum absolute atomic E-state index is 5.83. The van der Waals surface area contributed by atoms with Crippen LogP contribution in [0.15, 0.2) is 23.1 Å². The first-order valence-corrected chi connectivity index (χ1v) is 5.40. The smallest absolute Gasteiger partial charge is 0.214 e. The summed E-state index contributed by atoms with van der Waals surface area (Å²) in [5.41, 5.74) is 6.81. The van der Waals surface area contributed by atoms with Crippen LogP contribution < -0.4 is 5.73 Å². The minimum absolute atomic E-state index is 0.0388. The van der Waals surface area contributed by atoms with Gasteiger partial charge in [0.25, 0.3) is 0 Å². The van der Waals surface area contributed by atoms with Gasteiger partial charge in [-0.25, -0.2) is 9.97 Å². The summed E-state index contributed by atoms with van der Waals surface area (Å²) in [4.78, 5) is 8.29. The molecule has 0 aliphatic carbocycles. The summed E-state index contributed by atoms with van der Waals surface area (Å²) >= 11 is 0. The van der Waals surface area contributed by atoms with Crippen LogP contribution in [-0.4, -0.2) is 14.5 Å². The van der Waals surface area contributed by atoms with Crippen LogP contribution in [0, 0.1) is 0 Å². The first kappa shape index (κ1) is 10.9. The molecule has 86 valence electrons. The zero-order valence-electron chi connectivity index (χ0n) is 9.55. The van der Waals surface area contributed by atoms with Gasteiger partial charge in [0.05, 0.1) is 18.2 Å². The molecule has 0 aliphatic heterocycles. The van der Waals surface area contributed by atoms with Gasteiger partial charge in [0.15, 0.2) is 0 Å². The Morgan fingerprint density at radius 3 is 2.94 bits per heavy atom. The monoisotopic (exact) mass is 220 g/mol. The van der Waals surface area contributed by atoms with Crippen molar-refractivity contribution in [3.05, 3.63) is 36.1 Å². The summed E-state index contributed by atoms with van der Waals surface area (Å²) in [5, 5.41) is 0. The maximum Gasteiger partial charge on any atom is 0.214 e. The highest BCUT2D eigenvalue weighted by Gasteiger charge is 2.09. The van der Waals surface area contributed by atoms with Crippen LogP contribution in [0.2, 0.25) is 0 Å². The van der Waals surface area contributed by atoms with E-state index in [0.29, 0.717) is 12.4 Å². The van der Waals surface area contributed by atoms with Crippen molar-refractivity contribution in [1.82, 2.24) is 14.5 Å². The average molecular weight is 220 g/mol. The van der Waals surface area contributed by atoms with Crippen molar-refractivity contribution in [2.45, 2.75) is 32.9 Å². The minimum Gasteiger partial charge on any atom is -0.444 e. The van der Waals surface area contributed by atoms with Gasteiger partial charge in [0.1, 0.15) is 12.3 Å². The van der Waals surface area contributed by atoms with E-state index in [-0.39, 0.29) is 6.04 Å². The lowest BCUT2D eigenvalue weighted by atomic mass is 10.3. The lowest BCUT2D eigenvalue weighted by Gasteiger charge is -2.08. The highest BCUT2D eigenvalue weighted by atomic mass is 16.4. The quantitative estimate of drug-likeness (QED) is 0.847. The van der Waals surface area contributed by atoms with Gasteiger partial charge in [-0.1, -0.05) is 6.92 Å². The van der Waals surface area contributed by atoms with Gasteiger partial charge in [-0.3, -0.25) is 0 Å². The van der Waals surface area contributed by atoms with Gasteiger partial charge >= 0.3 is 0 Å². The van der Waals surface area contributed by atoms with Crippen molar-refractivity contribution in [2.75, 3.05) is 0 Å². The fourth-order valence-corrected chi connectivity index (χ4v) is 1.57. The number of aryl methyl sites for hydroxylation is 1. The normalized spacial score (nSPS) is 12.9. The Labute approximate surface area is 94.3 Å². The lowest BCUT2D eigenvalue weighted by Crippen LogP contribution is -2.12. The zero-order valence-corrected chi connectivity index (χ0v) is 9.55. The SMILES string of the molecule is CCc1cnc(Cn2cncc2[C@H](C)N)o1. The van der Waals surface area contributed by atoms with Gasteiger partial charge in [-0.2, -0.15) is 0 Å². The Kier molecular flexibility index (Phi) is 3.05. The van der Waals surface area contributed by atoms with Crippen molar-refractivity contribution in [3.8, 4) is 0 Å². The second kappa shape index (κ2) is 4.49. The summed E-state index contributed by atoms with van der Waals surface area (Å²) in [6.45, 7) is 4.55. The molecule has 5 heteroatoms. The van der Waals surface area contributed by atoms with E-state index in [4.69, 9.17) is 10.2 Å². The van der Waals surface area contributed by atoms with E-state index in [1.165, 1.54) is 0 Å². The maximum atomic E-state index is 5.83. The van der Waals surface area contributed by atoms with E-state index < -0.39 is 0 Å². The molecule has 1 atom stereocenters. The fourth-order valence-electron chi connectivity index (χ4n) is 1.57. The van der Waals surface area contributed by atoms with Crippen molar-refractivity contribution in [1.29, 1.82) is 0 Å². The molecule has 0 fully saturated rings. The molecule has 0 amide bonds. The molecular formula is C11H16N4O. The van der Waals surface area contributed by atoms with E-state index in [2.05, 4.69) is 9.97 Å². The van der Waals surface area contributed by atoms with Crippen LogP contribution in [0.4, 0.5) is 0 Å². The van der Waals surface area contributed by atoms with Gasteiger partial charge in [-0.15, -0.1) is 0 Å². The van der Waals surface area contributed by atoms with E-state index in [0.717, 1.165) is 17.9 Å². The second-order valence-electron chi connectivity index (χ2n) is 3.81. The molecular weight excluding hydrogens is 204 g/mol. The molecule has 2 aromatic heterocycles. The summed E-state index contributed by atoms with van der Waals surface area (Å²) in [7, 11) is 0. The number of hydrogen-bond donors (Lipinski definition) is 1. The van der Waals surface area contributed by atoms with Crippen LogP contribution in [0.1, 0.15) is 37.2 Å². The Hall–Kier alpha value is -1.62. The van der Waals surface area contributed by atoms with Crippen LogP contribution in [0.25, 0.3) is 0 Å². The van der Waals surface area contributed by atoms with E-state index in [1.54, 1.807) is 18.7 Å². The molecule has 0 unspecified atom stereocenters. The highest BCUT2D eigenvalue weighted by molar-refractivity contribution is 5.05. The number of rotatable bonds is 4. The predicted octanol–water partition coefficient (Wildman–Crippen LogP) is 1.50. The van der Waals surface area contributed by atoms with Gasteiger partial charge in [0, 0.05) is 18.7 Å². The first-order valence-electron chi connectivity index (χ1n) is 5.40. The molecule has 16 heavy (non-hydrogen) atoms. The molecule has 5 nitrogen and oxygen atoms in total. The summed E-state index contributed by atoms with van der Waals surface area (Å²) < 4.78 is 7.49. The molecule has 2 heterocycles. The third kappa shape index (κ3) is 2.14. The molecule has 0 saturated heterocycles. The molecule has 0 aliphatic rings. The van der Waals surface area contributed by atoms with Gasteiger partial charge in [0.2, 0.25) is 5.89 Å². The third-order valence-electron chi connectivity index (χ3n) is 2.47. The van der Waals surface area contributed by atoms with Crippen LogP contribution in [0.5, 0.6) is 0 Å². The molecule has 2 aromatic rings. The summed E-state index contributed by atoms with van der Waals surface area (Å²) in [6, 6.07) is -0.0388. The molecule has 2 N–H and O–H groups in total. The van der Waals surface area contributed by atoms with E-state index in [9.17, 15) is 0 Å². The number of nitrogens with zero attached hydrogens (tertiary/aromatic N) is 3.